The number of rotatable bonds is 3. The lowest BCUT2D eigenvalue weighted by atomic mass is 9.95. The van der Waals surface area contributed by atoms with Crippen LogP contribution in [0.2, 0.25) is 0 Å². The van der Waals surface area contributed by atoms with Crippen LogP contribution in [0.4, 0.5) is 13.2 Å². The van der Waals surface area contributed by atoms with E-state index in [1.54, 1.807) is 17.8 Å². The summed E-state index contributed by atoms with van der Waals surface area (Å²) in [5.74, 6) is 0. The van der Waals surface area contributed by atoms with Crippen molar-refractivity contribution >= 4 is 0 Å². The third-order valence-electron chi connectivity index (χ3n) is 3.69. The highest BCUT2D eigenvalue weighted by Gasteiger charge is 2.31. The van der Waals surface area contributed by atoms with Gasteiger partial charge in [-0.15, -0.1) is 0 Å². The van der Waals surface area contributed by atoms with Crippen LogP contribution < -0.4 is 5.32 Å². The highest BCUT2D eigenvalue weighted by molar-refractivity contribution is 5.39. The van der Waals surface area contributed by atoms with E-state index in [0.29, 0.717) is 5.56 Å². The van der Waals surface area contributed by atoms with E-state index in [1.807, 2.05) is 20.9 Å². The number of aryl methyl sites for hydroxylation is 2. The van der Waals surface area contributed by atoms with Gasteiger partial charge in [-0.3, -0.25) is 4.68 Å². The summed E-state index contributed by atoms with van der Waals surface area (Å²) in [5, 5.41) is 7.42. The van der Waals surface area contributed by atoms with E-state index in [1.165, 1.54) is 12.1 Å². The zero-order valence-electron chi connectivity index (χ0n) is 12.4. The van der Waals surface area contributed by atoms with E-state index in [-0.39, 0.29) is 6.04 Å². The second-order valence-corrected chi connectivity index (χ2v) is 5.05. The van der Waals surface area contributed by atoms with E-state index in [4.69, 9.17) is 0 Å². The van der Waals surface area contributed by atoms with Gasteiger partial charge in [0, 0.05) is 18.3 Å². The molecule has 0 fully saturated rings. The number of aromatic nitrogens is 2. The highest BCUT2D eigenvalue weighted by atomic mass is 19.4. The minimum atomic E-state index is -4.34. The van der Waals surface area contributed by atoms with Gasteiger partial charge in [0.25, 0.3) is 0 Å². The Hall–Kier alpha value is -1.82. The topological polar surface area (TPSA) is 29.9 Å². The van der Waals surface area contributed by atoms with Crippen LogP contribution >= 0.6 is 0 Å². The zero-order chi connectivity index (χ0) is 15.8. The first-order valence-electron chi connectivity index (χ1n) is 6.60. The molecular formula is C15H18F3N3. The van der Waals surface area contributed by atoms with E-state index < -0.39 is 11.7 Å². The molecule has 0 spiro atoms. The molecule has 1 aromatic carbocycles. The molecule has 0 saturated carbocycles. The fourth-order valence-electron chi connectivity index (χ4n) is 2.58. The fraction of sp³-hybridized carbons (Fsp3) is 0.400. The van der Waals surface area contributed by atoms with Gasteiger partial charge in [-0.2, -0.15) is 18.3 Å². The number of hydrogen-bond donors (Lipinski definition) is 1. The van der Waals surface area contributed by atoms with Gasteiger partial charge in [0.2, 0.25) is 0 Å². The number of halogens is 3. The zero-order valence-corrected chi connectivity index (χ0v) is 12.4. The number of hydrogen-bond acceptors (Lipinski definition) is 2. The Labute approximate surface area is 121 Å². The standard InChI is InChI=1S/C15H18F3N3/c1-9-13(10(2)21(4)20-9)14(19-3)11-6-5-7-12(8-11)15(16,17)18/h5-8,14,19H,1-4H3. The summed E-state index contributed by atoms with van der Waals surface area (Å²) >= 11 is 0. The maximum Gasteiger partial charge on any atom is 0.416 e. The van der Waals surface area contributed by atoms with Crippen LogP contribution in [0.25, 0.3) is 0 Å². The maximum atomic E-state index is 12.9. The summed E-state index contributed by atoms with van der Waals surface area (Å²) in [7, 11) is 3.56. The van der Waals surface area contributed by atoms with Gasteiger partial charge in [0.05, 0.1) is 17.3 Å². The summed E-state index contributed by atoms with van der Waals surface area (Å²) in [6.45, 7) is 3.77. The average molecular weight is 297 g/mol. The van der Waals surface area contributed by atoms with Crippen molar-refractivity contribution in [1.29, 1.82) is 0 Å². The Morgan fingerprint density at radius 3 is 2.38 bits per heavy atom. The van der Waals surface area contributed by atoms with Crippen LogP contribution in [0.15, 0.2) is 24.3 Å². The molecule has 114 valence electrons. The van der Waals surface area contributed by atoms with Crippen molar-refractivity contribution in [2.45, 2.75) is 26.1 Å². The lowest BCUT2D eigenvalue weighted by Crippen LogP contribution is -2.20. The predicted octanol–water partition coefficient (Wildman–Crippen LogP) is 3.36. The van der Waals surface area contributed by atoms with Crippen LogP contribution in [-0.2, 0) is 13.2 Å². The van der Waals surface area contributed by atoms with Gasteiger partial charge in [0.1, 0.15) is 0 Å². The largest absolute Gasteiger partial charge is 0.416 e. The van der Waals surface area contributed by atoms with Crippen molar-refractivity contribution in [3.05, 3.63) is 52.3 Å². The smallest absolute Gasteiger partial charge is 0.309 e. The first-order valence-corrected chi connectivity index (χ1v) is 6.60. The second kappa shape index (κ2) is 5.52. The van der Waals surface area contributed by atoms with Crippen LogP contribution in [0.3, 0.4) is 0 Å². The maximum absolute atomic E-state index is 12.9. The highest BCUT2D eigenvalue weighted by Crippen LogP contribution is 2.33. The number of nitrogens with zero attached hydrogens (tertiary/aromatic N) is 2. The Bertz CT molecular complexity index is 644. The fourth-order valence-corrected chi connectivity index (χ4v) is 2.58. The molecule has 1 N–H and O–H groups in total. The molecular weight excluding hydrogens is 279 g/mol. The molecule has 1 atom stereocenters. The first-order chi connectivity index (χ1) is 9.75. The van der Waals surface area contributed by atoms with Crippen LogP contribution in [0, 0.1) is 13.8 Å². The molecule has 0 radical (unpaired) electrons. The van der Waals surface area contributed by atoms with Crippen LogP contribution in [0.5, 0.6) is 0 Å². The van der Waals surface area contributed by atoms with Crippen LogP contribution in [-0.4, -0.2) is 16.8 Å². The molecule has 1 unspecified atom stereocenters. The minimum Gasteiger partial charge on any atom is -0.309 e. The summed E-state index contributed by atoms with van der Waals surface area (Å²) < 4.78 is 40.3. The van der Waals surface area contributed by atoms with Crippen molar-refractivity contribution in [1.82, 2.24) is 15.1 Å². The molecule has 21 heavy (non-hydrogen) atoms. The minimum absolute atomic E-state index is 0.319. The van der Waals surface area contributed by atoms with Gasteiger partial charge >= 0.3 is 6.18 Å². The van der Waals surface area contributed by atoms with Crippen molar-refractivity contribution in [3.8, 4) is 0 Å². The average Bonchev–Trinajstić information content (AvgIpc) is 2.66. The molecule has 2 aromatic rings. The Morgan fingerprint density at radius 1 is 1.24 bits per heavy atom. The molecule has 2 rings (SSSR count). The summed E-state index contributed by atoms with van der Waals surface area (Å²) in [4.78, 5) is 0. The molecule has 0 aliphatic heterocycles. The molecule has 0 bridgehead atoms. The van der Waals surface area contributed by atoms with E-state index in [2.05, 4.69) is 10.4 Å². The third-order valence-corrected chi connectivity index (χ3v) is 3.69. The molecule has 0 aliphatic carbocycles. The Morgan fingerprint density at radius 2 is 1.90 bits per heavy atom. The van der Waals surface area contributed by atoms with Crippen molar-refractivity contribution < 1.29 is 13.2 Å². The Kier molecular flexibility index (Phi) is 4.09. The molecule has 0 amide bonds. The summed E-state index contributed by atoms with van der Waals surface area (Å²) in [6, 6.07) is 5.08. The van der Waals surface area contributed by atoms with E-state index in [9.17, 15) is 13.2 Å². The summed E-state index contributed by atoms with van der Waals surface area (Å²) in [5.41, 5.74) is 2.60. The van der Waals surface area contributed by atoms with E-state index >= 15 is 0 Å². The van der Waals surface area contributed by atoms with Crippen molar-refractivity contribution in [2.75, 3.05) is 7.05 Å². The van der Waals surface area contributed by atoms with Gasteiger partial charge < -0.3 is 5.32 Å². The SMILES string of the molecule is CNC(c1cccc(C(F)(F)F)c1)c1c(C)nn(C)c1C. The van der Waals surface area contributed by atoms with Gasteiger partial charge in [0.15, 0.2) is 0 Å². The molecule has 0 saturated heterocycles. The first kappa shape index (κ1) is 15.6. The molecule has 0 aliphatic rings. The number of alkyl halides is 3. The monoisotopic (exact) mass is 297 g/mol. The summed E-state index contributed by atoms with van der Waals surface area (Å²) in [6.07, 6.45) is -4.34. The molecule has 1 heterocycles. The molecule has 3 nitrogen and oxygen atoms in total. The normalized spacial score (nSPS) is 13.5. The molecule has 6 heteroatoms. The van der Waals surface area contributed by atoms with Crippen molar-refractivity contribution in [2.24, 2.45) is 7.05 Å². The Balaban J connectivity index is 2.52. The quantitative estimate of drug-likeness (QED) is 0.941. The predicted molar refractivity (Wildman–Crippen MR) is 75.0 cm³/mol. The number of nitrogens with one attached hydrogen (secondary N) is 1. The van der Waals surface area contributed by atoms with E-state index in [0.717, 1.165) is 23.0 Å². The van der Waals surface area contributed by atoms with Gasteiger partial charge in [-0.25, -0.2) is 0 Å². The second-order valence-electron chi connectivity index (χ2n) is 5.05. The lowest BCUT2D eigenvalue weighted by Gasteiger charge is -2.19. The lowest BCUT2D eigenvalue weighted by molar-refractivity contribution is -0.137. The number of benzene rings is 1. The molecule has 1 aromatic heterocycles. The van der Waals surface area contributed by atoms with Crippen LogP contribution in [0.1, 0.15) is 34.1 Å². The van der Waals surface area contributed by atoms with Gasteiger partial charge in [-0.05, 0) is 38.6 Å². The van der Waals surface area contributed by atoms with Gasteiger partial charge in [-0.1, -0.05) is 12.1 Å². The van der Waals surface area contributed by atoms with Crippen molar-refractivity contribution in [3.63, 3.8) is 0 Å². The third kappa shape index (κ3) is 2.95.